The lowest BCUT2D eigenvalue weighted by atomic mass is 9.69. The molecule has 1 heterocycles. The molecule has 1 amide bonds. The largest absolute Gasteiger partial charge is 0.294 e. The molecular weight excluding hydrogens is 370 g/mol. The van der Waals surface area contributed by atoms with E-state index in [1.165, 1.54) is 0 Å². The molecule has 1 atom stereocenters. The highest BCUT2D eigenvalue weighted by Gasteiger charge is 2.44. The van der Waals surface area contributed by atoms with Crippen molar-refractivity contribution in [2.75, 3.05) is 4.90 Å². The molecule has 0 saturated carbocycles. The predicted molar refractivity (Wildman–Crippen MR) is 113 cm³/mol. The SMILES string of the molecule is Cc1ccccc1N1C(=O)CC(c2ccccc2Cl)C2=C1CC(C)(C)CC2=O. The highest BCUT2D eigenvalue weighted by Crippen LogP contribution is 2.49. The molecular formula is C24H24ClNO2. The Bertz CT molecular complexity index is 1010. The Morgan fingerprint density at radius 3 is 2.39 bits per heavy atom. The van der Waals surface area contributed by atoms with Crippen LogP contribution in [0.4, 0.5) is 5.69 Å². The number of hydrogen-bond acceptors (Lipinski definition) is 2. The van der Waals surface area contributed by atoms with Gasteiger partial charge in [0.15, 0.2) is 5.78 Å². The van der Waals surface area contributed by atoms with Gasteiger partial charge in [-0.15, -0.1) is 0 Å². The summed E-state index contributed by atoms with van der Waals surface area (Å²) in [5.41, 5.74) is 4.17. The van der Waals surface area contributed by atoms with Crippen molar-refractivity contribution in [2.24, 2.45) is 5.41 Å². The minimum atomic E-state index is -0.278. The van der Waals surface area contributed by atoms with Crippen molar-refractivity contribution in [3.8, 4) is 0 Å². The van der Waals surface area contributed by atoms with Gasteiger partial charge >= 0.3 is 0 Å². The maximum absolute atomic E-state index is 13.4. The number of carbonyl (C=O) groups excluding carboxylic acids is 2. The van der Waals surface area contributed by atoms with Crippen molar-refractivity contribution >= 4 is 29.0 Å². The Balaban J connectivity index is 1.94. The summed E-state index contributed by atoms with van der Waals surface area (Å²) in [6, 6.07) is 15.4. The number of hydrogen-bond donors (Lipinski definition) is 0. The van der Waals surface area contributed by atoms with Crippen LogP contribution in [0.5, 0.6) is 0 Å². The van der Waals surface area contributed by atoms with Gasteiger partial charge in [0.05, 0.1) is 5.69 Å². The highest BCUT2D eigenvalue weighted by molar-refractivity contribution is 6.31. The fourth-order valence-corrected chi connectivity index (χ4v) is 4.80. The van der Waals surface area contributed by atoms with Gasteiger partial charge in [-0.3, -0.25) is 14.5 Å². The Labute approximate surface area is 171 Å². The third-order valence-electron chi connectivity index (χ3n) is 5.78. The lowest BCUT2D eigenvalue weighted by Crippen LogP contribution is -2.44. The van der Waals surface area contributed by atoms with Crippen molar-refractivity contribution in [2.45, 2.75) is 46.0 Å². The molecule has 4 rings (SSSR count). The number of benzene rings is 2. The summed E-state index contributed by atoms with van der Waals surface area (Å²) in [7, 11) is 0. The molecule has 0 spiro atoms. The van der Waals surface area contributed by atoms with E-state index in [1.807, 2.05) is 55.5 Å². The average molecular weight is 394 g/mol. The maximum Gasteiger partial charge on any atom is 0.232 e. The molecule has 0 fully saturated rings. The van der Waals surface area contributed by atoms with Crippen molar-refractivity contribution in [3.05, 3.63) is 76.0 Å². The standard InChI is InChI=1S/C24H24ClNO2/c1-15-8-4-7-11-19(15)26-20-13-24(2,3)14-21(27)23(20)17(12-22(26)28)16-9-5-6-10-18(16)25/h4-11,17H,12-14H2,1-3H3. The fraction of sp³-hybridized carbons (Fsp3) is 0.333. The summed E-state index contributed by atoms with van der Waals surface area (Å²) in [4.78, 5) is 28.4. The van der Waals surface area contributed by atoms with E-state index < -0.39 is 0 Å². The van der Waals surface area contributed by atoms with Gasteiger partial charge in [0.2, 0.25) is 5.91 Å². The zero-order chi connectivity index (χ0) is 20.1. The summed E-state index contributed by atoms with van der Waals surface area (Å²) in [6.45, 7) is 6.18. The average Bonchev–Trinajstić information content (AvgIpc) is 2.61. The van der Waals surface area contributed by atoms with Crippen LogP contribution in [-0.4, -0.2) is 11.7 Å². The Morgan fingerprint density at radius 1 is 1.00 bits per heavy atom. The summed E-state index contributed by atoms with van der Waals surface area (Å²) in [5, 5.41) is 0.606. The van der Waals surface area contributed by atoms with Crippen molar-refractivity contribution in [3.63, 3.8) is 0 Å². The van der Waals surface area contributed by atoms with E-state index in [0.29, 0.717) is 17.9 Å². The lowest BCUT2D eigenvalue weighted by molar-refractivity contribution is -0.121. The molecule has 0 bridgehead atoms. The normalized spacial score (nSPS) is 21.7. The summed E-state index contributed by atoms with van der Waals surface area (Å²) in [5.74, 6) is -0.134. The zero-order valence-electron chi connectivity index (χ0n) is 16.5. The molecule has 0 saturated heterocycles. The first-order valence-corrected chi connectivity index (χ1v) is 10.1. The first kappa shape index (κ1) is 18.9. The molecule has 2 aromatic carbocycles. The van der Waals surface area contributed by atoms with Crippen molar-refractivity contribution in [1.29, 1.82) is 0 Å². The van der Waals surface area contributed by atoms with Crippen molar-refractivity contribution in [1.82, 2.24) is 0 Å². The number of halogens is 1. The molecule has 1 aliphatic carbocycles. The number of rotatable bonds is 2. The molecule has 0 radical (unpaired) electrons. The minimum Gasteiger partial charge on any atom is -0.294 e. The van der Waals surface area contributed by atoms with Crippen LogP contribution in [0.1, 0.15) is 50.2 Å². The maximum atomic E-state index is 13.4. The lowest BCUT2D eigenvalue weighted by Gasteiger charge is -2.43. The molecule has 0 N–H and O–H groups in total. The van der Waals surface area contributed by atoms with Gasteiger partial charge in [0.1, 0.15) is 0 Å². The molecule has 2 aliphatic rings. The van der Waals surface area contributed by atoms with Gasteiger partial charge < -0.3 is 0 Å². The number of Topliss-reactive ketones (excluding diaryl/α,β-unsaturated/α-hetero) is 1. The third-order valence-corrected chi connectivity index (χ3v) is 6.12. The quantitative estimate of drug-likeness (QED) is 0.645. The van der Waals surface area contributed by atoms with Crippen LogP contribution in [-0.2, 0) is 9.59 Å². The number of amides is 1. The monoisotopic (exact) mass is 393 g/mol. The van der Waals surface area contributed by atoms with E-state index >= 15 is 0 Å². The first-order valence-electron chi connectivity index (χ1n) is 9.68. The molecule has 2 aromatic rings. The van der Waals surface area contributed by atoms with Crippen LogP contribution in [0.2, 0.25) is 5.02 Å². The van der Waals surface area contributed by atoms with E-state index in [1.54, 1.807) is 4.90 Å². The van der Waals surface area contributed by atoms with Crippen LogP contribution >= 0.6 is 11.6 Å². The summed E-state index contributed by atoms with van der Waals surface area (Å²) >= 11 is 6.46. The van der Waals surface area contributed by atoms with Crippen LogP contribution in [0, 0.1) is 12.3 Å². The summed E-state index contributed by atoms with van der Waals surface area (Å²) in [6.07, 6.45) is 1.43. The fourth-order valence-electron chi connectivity index (χ4n) is 4.53. The second kappa shape index (κ2) is 6.89. The number of para-hydroxylation sites is 1. The molecule has 1 aliphatic heterocycles. The van der Waals surface area contributed by atoms with Gasteiger partial charge in [-0.1, -0.05) is 61.8 Å². The molecule has 3 nitrogen and oxygen atoms in total. The summed E-state index contributed by atoms with van der Waals surface area (Å²) < 4.78 is 0. The molecule has 144 valence electrons. The van der Waals surface area contributed by atoms with E-state index in [9.17, 15) is 9.59 Å². The van der Waals surface area contributed by atoms with Crippen LogP contribution in [0.25, 0.3) is 0 Å². The van der Waals surface area contributed by atoms with E-state index in [-0.39, 0.29) is 29.4 Å². The first-order chi connectivity index (χ1) is 13.3. The van der Waals surface area contributed by atoms with Gasteiger partial charge in [-0.25, -0.2) is 0 Å². The molecule has 0 aromatic heterocycles. The van der Waals surface area contributed by atoms with Gasteiger partial charge in [-0.2, -0.15) is 0 Å². The number of ketones is 1. The van der Waals surface area contributed by atoms with E-state index in [2.05, 4.69) is 13.8 Å². The number of aryl methyl sites for hydroxylation is 1. The Morgan fingerprint density at radius 2 is 1.68 bits per heavy atom. The molecule has 4 heteroatoms. The second-order valence-corrected chi connectivity index (χ2v) is 9.00. The van der Waals surface area contributed by atoms with Crippen molar-refractivity contribution < 1.29 is 9.59 Å². The second-order valence-electron chi connectivity index (χ2n) is 8.60. The zero-order valence-corrected chi connectivity index (χ0v) is 17.2. The molecule has 28 heavy (non-hydrogen) atoms. The van der Waals surface area contributed by atoms with Gasteiger partial charge in [-0.05, 0) is 42.0 Å². The smallest absolute Gasteiger partial charge is 0.232 e. The molecule has 1 unspecified atom stereocenters. The Hall–Kier alpha value is -2.39. The van der Waals surface area contributed by atoms with Crippen LogP contribution in [0.15, 0.2) is 59.8 Å². The third kappa shape index (κ3) is 3.18. The van der Waals surface area contributed by atoms with Crippen LogP contribution < -0.4 is 4.90 Å². The van der Waals surface area contributed by atoms with Crippen LogP contribution in [0.3, 0.4) is 0 Å². The highest BCUT2D eigenvalue weighted by atomic mass is 35.5. The minimum absolute atomic E-state index is 0.0171. The number of carbonyl (C=O) groups is 2. The number of allylic oxidation sites excluding steroid dienone is 2. The topological polar surface area (TPSA) is 37.4 Å². The number of nitrogens with zero attached hydrogens (tertiary/aromatic N) is 1. The van der Waals surface area contributed by atoms with E-state index in [0.717, 1.165) is 28.1 Å². The van der Waals surface area contributed by atoms with Gasteiger partial charge in [0, 0.05) is 35.1 Å². The van der Waals surface area contributed by atoms with Gasteiger partial charge in [0.25, 0.3) is 0 Å². The predicted octanol–water partition coefficient (Wildman–Crippen LogP) is 5.81. The number of anilines is 1. The van der Waals surface area contributed by atoms with E-state index in [4.69, 9.17) is 11.6 Å². The Kier molecular flexibility index (Phi) is 4.67.